The number of piperidine rings is 1. The predicted octanol–water partition coefficient (Wildman–Crippen LogP) is 5.51. The number of nitrogens with zero attached hydrogens (tertiary/aromatic N) is 4. The molecule has 2 aromatic carbocycles. The molecule has 40 heavy (non-hydrogen) atoms. The molecule has 6 rings (SSSR count). The molecule has 3 aromatic rings. The van der Waals surface area contributed by atoms with Gasteiger partial charge in [0.1, 0.15) is 18.2 Å². The number of aromatic nitrogens is 1. The van der Waals surface area contributed by atoms with Crippen molar-refractivity contribution >= 4 is 22.5 Å². The van der Waals surface area contributed by atoms with Crippen LogP contribution in [-0.2, 0) is 4.74 Å². The van der Waals surface area contributed by atoms with Crippen LogP contribution in [0.1, 0.15) is 42.2 Å². The number of rotatable bonds is 7. The number of halogens is 2. The van der Waals surface area contributed by atoms with Gasteiger partial charge in [-0.2, -0.15) is 5.26 Å². The van der Waals surface area contributed by atoms with Crippen molar-refractivity contribution in [3.63, 3.8) is 0 Å². The van der Waals surface area contributed by atoms with Crippen LogP contribution in [0.25, 0.3) is 16.8 Å². The SMILES string of the molecule is Cc1ccc2oc(C3CCN(C4=C(C#N)CN(C)c5cc(OC6CCOC6)c(OCC(F)F)cc54)CC3)nc2c1. The highest BCUT2D eigenvalue weighted by Gasteiger charge is 2.33. The first-order valence-electron chi connectivity index (χ1n) is 13.7. The molecule has 0 spiro atoms. The number of fused-ring (bicyclic) bond motifs is 2. The molecule has 0 amide bonds. The summed E-state index contributed by atoms with van der Waals surface area (Å²) in [5.41, 5.74) is 5.89. The molecule has 2 fully saturated rings. The zero-order valence-corrected chi connectivity index (χ0v) is 22.7. The van der Waals surface area contributed by atoms with Gasteiger partial charge in [-0.05, 0) is 43.5 Å². The maximum absolute atomic E-state index is 13.1. The lowest BCUT2D eigenvalue weighted by Crippen LogP contribution is -2.36. The Morgan fingerprint density at radius 2 is 1.98 bits per heavy atom. The van der Waals surface area contributed by atoms with Gasteiger partial charge in [0, 0.05) is 44.1 Å². The number of benzene rings is 2. The maximum atomic E-state index is 13.1. The average molecular weight is 551 g/mol. The molecule has 210 valence electrons. The topological polar surface area (TPSA) is 84.0 Å². The lowest BCUT2D eigenvalue weighted by Gasteiger charge is -2.39. The van der Waals surface area contributed by atoms with Crippen molar-refractivity contribution in [2.75, 3.05) is 51.4 Å². The number of aryl methyl sites for hydroxylation is 1. The van der Waals surface area contributed by atoms with Gasteiger partial charge in [-0.15, -0.1) is 0 Å². The Balaban J connectivity index is 1.29. The fraction of sp³-hybridized carbons (Fsp3) is 0.467. The number of anilines is 1. The van der Waals surface area contributed by atoms with Gasteiger partial charge in [0.05, 0.1) is 42.8 Å². The molecule has 1 unspecified atom stereocenters. The number of likely N-dealkylation sites (N-methyl/N-ethyl adjacent to an activating group) is 1. The van der Waals surface area contributed by atoms with Crippen LogP contribution in [0.4, 0.5) is 14.5 Å². The van der Waals surface area contributed by atoms with E-state index in [1.807, 2.05) is 43.1 Å². The van der Waals surface area contributed by atoms with Crippen LogP contribution in [-0.4, -0.2) is 68.9 Å². The Labute approximate surface area is 231 Å². The second-order valence-corrected chi connectivity index (χ2v) is 10.7. The number of oxazole rings is 1. The molecule has 10 heteroatoms. The molecule has 2 saturated heterocycles. The third kappa shape index (κ3) is 5.18. The lowest BCUT2D eigenvalue weighted by atomic mass is 9.92. The van der Waals surface area contributed by atoms with Crippen LogP contribution in [0.5, 0.6) is 11.5 Å². The van der Waals surface area contributed by atoms with Gasteiger partial charge in [-0.1, -0.05) is 6.07 Å². The normalized spacial score (nSPS) is 19.9. The first-order valence-corrected chi connectivity index (χ1v) is 13.7. The van der Waals surface area contributed by atoms with Crippen LogP contribution in [0.2, 0.25) is 0 Å². The van der Waals surface area contributed by atoms with E-state index in [0.717, 1.165) is 58.8 Å². The average Bonchev–Trinajstić information content (AvgIpc) is 3.62. The Bertz CT molecular complexity index is 1470. The second-order valence-electron chi connectivity index (χ2n) is 10.7. The Kier molecular flexibility index (Phi) is 7.24. The summed E-state index contributed by atoms with van der Waals surface area (Å²) in [4.78, 5) is 8.96. The monoisotopic (exact) mass is 550 g/mol. The van der Waals surface area contributed by atoms with Crippen molar-refractivity contribution in [3.8, 4) is 17.6 Å². The van der Waals surface area contributed by atoms with Crippen molar-refractivity contribution in [3.05, 3.63) is 52.9 Å². The quantitative estimate of drug-likeness (QED) is 0.381. The van der Waals surface area contributed by atoms with Crippen LogP contribution in [0.3, 0.4) is 0 Å². The third-order valence-electron chi connectivity index (χ3n) is 7.81. The summed E-state index contributed by atoms with van der Waals surface area (Å²) in [7, 11) is 1.91. The van der Waals surface area contributed by atoms with E-state index >= 15 is 0 Å². The van der Waals surface area contributed by atoms with Crippen LogP contribution in [0, 0.1) is 18.3 Å². The van der Waals surface area contributed by atoms with Crippen molar-refractivity contribution in [2.45, 2.75) is 44.6 Å². The highest BCUT2D eigenvalue weighted by Crippen LogP contribution is 2.45. The van der Waals surface area contributed by atoms with E-state index < -0.39 is 13.0 Å². The van der Waals surface area contributed by atoms with Gasteiger partial charge in [0.25, 0.3) is 6.43 Å². The number of ether oxygens (including phenoxy) is 3. The summed E-state index contributed by atoms with van der Waals surface area (Å²) < 4.78 is 49.5. The molecule has 1 atom stereocenters. The number of alkyl halides is 2. The Hall–Kier alpha value is -3.84. The highest BCUT2D eigenvalue weighted by molar-refractivity contribution is 5.85. The Morgan fingerprint density at radius 1 is 1.15 bits per heavy atom. The summed E-state index contributed by atoms with van der Waals surface area (Å²) >= 11 is 0. The zero-order valence-electron chi connectivity index (χ0n) is 22.7. The number of hydrogen-bond donors (Lipinski definition) is 0. The number of nitriles is 1. The number of hydrogen-bond acceptors (Lipinski definition) is 8. The molecule has 4 heterocycles. The van der Waals surface area contributed by atoms with Gasteiger partial charge in [0.2, 0.25) is 0 Å². The lowest BCUT2D eigenvalue weighted by molar-refractivity contribution is 0.0777. The van der Waals surface area contributed by atoms with Gasteiger partial charge in [-0.3, -0.25) is 0 Å². The van der Waals surface area contributed by atoms with Crippen molar-refractivity contribution in [2.24, 2.45) is 0 Å². The van der Waals surface area contributed by atoms with E-state index in [1.54, 1.807) is 6.07 Å². The minimum Gasteiger partial charge on any atom is -0.484 e. The minimum atomic E-state index is -2.62. The van der Waals surface area contributed by atoms with E-state index in [4.69, 9.17) is 23.6 Å². The van der Waals surface area contributed by atoms with E-state index in [0.29, 0.717) is 44.2 Å². The second kappa shape index (κ2) is 11.0. The molecular formula is C30H32F2N4O4. The fourth-order valence-electron chi connectivity index (χ4n) is 5.79. The molecule has 0 N–H and O–H groups in total. The van der Waals surface area contributed by atoms with Crippen LogP contribution < -0.4 is 14.4 Å². The highest BCUT2D eigenvalue weighted by atomic mass is 19.3. The van der Waals surface area contributed by atoms with Crippen LogP contribution in [0.15, 0.2) is 40.3 Å². The van der Waals surface area contributed by atoms with Gasteiger partial charge >= 0.3 is 0 Å². The van der Waals surface area contributed by atoms with Crippen molar-refractivity contribution in [1.82, 2.24) is 9.88 Å². The molecule has 0 bridgehead atoms. The number of likely N-dealkylation sites (tertiary alicyclic amines) is 1. The molecular weight excluding hydrogens is 518 g/mol. The van der Waals surface area contributed by atoms with E-state index in [1.165, 1.54) is 0 Å². The summed E-state index contributed by atoms with van der Waals surface area (Å²) in [5, 5.41) is 10.1. The molecule has 1 aromatic heterocycles. The first-order chi connectivity index (χ1) is 19.4. The third-order valence-corrected chi connectivity index (χ3v) is 7.81. The zero-order chi connectivity index (χ0) is 27.8. The molecule has 8 nitrogen and oxygen atoms in total. The predicted molar refractivity (Wildman–Crippen MR) is 146 cm³/mol. The summed E-state index contributed by atoms with van der Waals surface area (Å²) in [6.45, 7) is 4.18. The van der Waals surface area contributed by atoms with Crippen LogP contribution >= 0.6 is 0 Å². The summed E-state index contributed by atoms with van der Waals surface area (Å²) in [5.74, 6) is 1.58. The Morgan fingerprint density at radius 3 is 2.70 bits per heavy atom. The smallest absolute Gasteiger partial charge is 0.272 e. The van der Waals surface area contributed by atoms with Crippen molar-refractivity contribution in [1.29, 1.82) is 5.26 Å². The van der Waals surface area contributed by atoms with E-state index in [2.05, 4.69) is 11.0 Å². The van der Waals surface area contributed by atoms with Gasteiger partial charge in [-0.25, -0.2) is 13.8 Å². The van der Waals surface area contributed by atoms with Crippen molar-refractivity contribution < 1.29 is 27.4 Å². The standard InChI is InChI=1S/C30H32F2N4O4/c1-18-3-4-25-23(11-18)34-30(40-25)19-5-8-36(9-6-19)29-20(14-33)15-35(2)24-13-27(39-21-7-10-37-16-21)26(12-22(24)29)38-17-28(31)32/h3-4,11-13,19,21,28H,5-10,15-17H2,1-2H3. The molecule has 0 radical (unpaired) electrons. The molecule has 3 aliphatic heterocycles. The molecule has 0 aliphatic carbocycles. The van der Waals surface area contributed by atoms with E-state index in [9.17, 15) is 14.0 Å². The largest absolute Gasteiger partial charge is 0.484 e. The maximum Gasteiger partial charge on any atom is 0.272 e. The fourth-order valence-corrected chi connectivity index (χ4v) is 5.79. The van der Waals surface area contributed by atoms with E-state index in [-0.39, 0.29) is 17.8 Å². The molecule has 3 aliphatic rings. The molecule has 0 saturated carbocycles. The minimum absolute atomic E-state index is 0.166. The first kappa shape index (κ1) is 26.4. The van der Waals surface area contributed by atoms with Gasteiger partial charge in [0.15, 0.2) is 23.0 Å². The summed E-state index contributed by atoms with van der Waals surface area (Å²) in [6.07, 6.45) is -0.436. The summed E-state index contributed by atoms with van der Waals surface area (Å²) in [6, 6.07) is 12.0. The van der Waals surface area contributed by atoms with Gasteiger partial charge < -0.3 is 28.4 Å².